The van der Waals surface area contributed by atoms with E-state index in [9.17, 15) is 4.79 Å². The number of hydrogen-bond acceptors (Lipinski definition) is 3. The van der Waals surface area contributed by atoms with Crippen LogP contribution in [0.3, 0.4) is 0 Å². The zero-order valence-electron chi connectivity index (χ0n) is 13.0. The van der Waals surface area contributed by atoms with Crippen molar-refractivity contribution in [2.24, 2.45) is 5.92 Å². The Morgan fingerprint density at radius 3 is 2.71 bits per heavy atom. The fourth-order valence-electron chi connectivity index (χ4n) is 2.90. The van der Waals surface area contributed by atoms with Crippen molar-refractivity contribution >= 4 is 27.7 Å². The number of aromatic nitrogens is 1. The van der Waals surface area contributed by atoms with Crippen LogP contribution in [0.25, 0.3) is 0 Å². The molecule has 1 amide bonds. The second-order valence-corrected chi connectivity index (χ2v) is 6.83. The van der Waals surface area contributed by atoms with E-state index in [1.807, 2.05) is 24.9 Å². The lowest BCUT2D eigenvalue weighted by Crippen LogP contribution is -2.39. The Balaban J connectivity index is 2.16. The number of rotatable bonds is 4. The van der Waals surface area contributed by atoms with Gasteiger partial charge in [-0.2, -0.15) is 0 Å². The van der Waals surface area contributed by atoms with Crippen molar-refractivity contribution in [3.8, 4) is 0 Å². The van der Waals surface area contributed by atoms with Crippen molar-refractivity contribution in [3.63, 3.8) is 0 Å². The molecule has 1 N–H and O–H groups in total. The topological polar surface area (TPSA) is 45.2 Å². The van der Waals surface area contributed by atoms with E-state index in [1.54, 1.807) is 6.20 Å². The summed E-state index contributed by atoms with van der Waals surface area (Å²) < 4.78 is 0.832. The van der Waals surface area contributed by atoms with Gasteiger partial charge in [0, 0.05) is 30.3 Å². The average molecular weight is 354 g/mol. The van der Waals surface area contributed by atoms with Crippen LogP contribution in [0.4, 0.5) is 5.82 Å². The summed E-state index contributed by atoms with van der Waals surface area (Å²) >= 11 is 3.41. The maximum Gasteiger partial charge on any atom is 0.257 e. The molecule has 0 aliphatic heterocycles. The van der Waals surface area contributed by atoms with Gasteiger partial charge in [-0.3, -0.25) is 4.79 Å². The van der Waals surface area contributed by atoms with Crippen molar-refractivity contribution in [1.29, 1.82) is 0 Å². The van der Waals surface area contributed by atoms with Crippen molar-refractivity contribution in [2.75, 3.05) is 18.9 Å². The molecule has 21 heavy (non-hydrogen) atoms. The number of amides is 1. The Kier molecular flexibility index (Phi) is 5.62. The third kappa shape index (κ3) is 3.96. The Morgan fingerprint density at radius 2 is 2.10 bits per heavy atom. The number of anilines is 1. The molecular formula is C16H24BrN3O. The van der Waals surface area contributed by atoms with Crippen LogP contribution in [-0.2, 0) is 0 Å². The molecule has 0 aromatic carbocycles. The van der Waals surface area contributed by atoms with Gasteiger partial charge < -0.3 is 10.2 Å². The van der Waals surface area contributed by atoms with Gasteiger partial charge in [-0.1, -0.05) is 6.92 Å². The predicted molar refractivity (Wildman–Crippen MR) is 89.6 cm³/mol. The van der Waals surface area contributed by atoms with Gasteiger partial charge in [0.15, 0.2) is 0 Å². The molecule has 1 saturated carbocycles. The van der Waals surface area contributed by atoms with E-state index >= 15 is 0 Å². The minimum absolute atomic E-state index is 0.0549. The molecule has 116 valence electrons. The lowest BCUT2D eigenvalue weighted by Gasteiger charge is -2.34. The van der Waals surface area contributed by atoms with E-state index in [0.717, 1.165) is 29.8 Å². The Labute approximate surface area is 135 Å². The molecule has 1 aromatic rings. The third-order valence-corrected chi connectivity index (χ3v) is 4.72. The summed E-state index contributed by atoms with van der Waals surface area (Å²) in [5.74, 6) is 1.51. The summed E-state index contributed by atoms with van der Waals surface area (Å²) in [5, 5.41) is 3.17. The molecule has 1 aromatic heterocycles. The molecule has 0 atom stereocenters. The molecule has 1 heterocycles. The standard InChI is InChI=1S/C16H24BrN3O/c1-4-18-15-14(9-12(17)10-19-15)16(21)20(3)13-7-5-11(2)6-8-13/h9-11,13H,4-8H2,1-3H3,(H,18,19). The first-order valence-electron chi connectivity index (χ1n) is 7.69. The highest BCUT2D eigenvalue weighted by molar-refractivity contribution is 9.10. The largest absolute Gasteiger partial charge is 0.370 e. The van der Waals surface area contributed by atoms with Gasteiger partial charge in [0.05, 0.1) is 5.56 Å². The summed E-state index contributed by atoms with van der Waals surface area (Å²) in [7, 11) is 1.92. The first-order chi connectivity index (χ1) is 10.0. The lowest BCUT2D eigenvalue weighted by atomic mass is 9.86. The fourth-order valence-corrected chi connectivity index (χ4v) is 3.23. The second kappa shape index (κ2) is 7.25. The van der Waals surface area contributed by atoms with Crippen molar-refractivity contribution in [2.45, 2.75) is 45.6 Å². The van der Waals surface area contributed by atoms with Crippen LogP contribution in [0.2, 0.25) is 0 Å². The number of carbonyl (C=O) groups excluding carboxylic acids is 1. The normalized spacial score (nSPS) is 21.9. The van der Waals surface area contributed by atoms with Crippen LogP contribution in [0.1, 0.15) is 49.9 Å². The van der Waals surface area contributed by atoms with Gasteiger partial charge in [0.2, 0.25) is 0 Å². The van der Waals surface area contributed by atoms with Crippen LogP contribution < -0.4 is 5.32 Å². The van der Waals surface area contributed by atoms with E-state index in [1.165, 1.54) is 12.8 Å². The van der Waals surface area contributed by atoms with E-state index < -0.39 is 0 Å². The molecular weight excluding hydrogens is 330 g/mol. The monoisotopic (exact) mass is 353 g/mol. The second-order valence-electron chi connectivity index (χ2n) is 5.91. The number of pyridine rings is 1. The maximum absolute atomic E-state index is 12.8. The zero-order valence-corrected chi connectivity index (χ0v) is 14.6. The summed E-state index contributed by atoms with van der Waals surface area (Å²) in [6.45, 7) is 5.04. The summed E-state index contributed by atoms with van der Waals surface area (Å²) in [6, 6.07) is 2.21. The third-order valence-electron chi connectivity index (χ3n) is 4.28. The molecule has 1 aliphatic rings. The van der Waals surface area contributed by atoms with Gasteiger partial charge in [-0.05, 0) is 60.5 Å². The van der Waals surface area contributed by atoms with Gasteiger partial charge in [0.25, 0.3) is 5.91 Å². The Bertz CT molecular complexity index is 498. The average Bonchev–Trinajstić information content (AvgIpc) is 2.48. The highest BCUT2D eigenvalue weighted by atomic mass is 79.9. The van der Waals surface area contributed by atoms with Gasteiger partial charge in [-0.25, -0.2) is 4.98 Å². The number of hydrogen-bond donors (Lipinski definition) is 1. The minimum Gasteiger partial charge on any atom is -0.370 e. The molecule has 0 saturated heterocycles. The summed E-state index contributed by atoms with van der Waals surface area (Å²) in [6.07, 6.45) is 6.33. The van der Waals surface area contributed by atoms with Gasteiger partial charge in [-0.15, -0.1) is 0 Å². The maximum atomic E-state index is 12.8. The zero-order chi connectivity index (χ0) is 15.4. The van der Waals surface area contributed by atoms with E-state index in [4.69, 9.17) is 0 Å². The minimum atomic E-state index is 0.0549. The van der Waals surface area contributed by atoms with Crippen LogP contribution in [-0.4, -0.2) is 35.4 Å². The predicted octanol–water partition coefficient (Wildman–Crippen LogP) is 3.93. The molecule has 2 rings (SSSR count). The Morgan fingerprint density at radius 1 is 1.43 bits per heavy atom. The first kappa shape index (κ1) is 16.3. The van der Waals surface area contributed by atoms with Crippen molar-refractivity contribution < 1.29 is 4.79 Å². The molecule has 1 aliphatic carbocycles. The number of nitrogens with zero attached hydrogens (tertiary/aromatic N) is 2. The first-order valence-corrected chi connectivity index (χ1v) is 8.48. The van der Waals surface area contributed by atoms with Crippen molar-refractivity contribution in [1.82, 2.24) is 9.88 Å². The van der Waals surface area contributed by atoms with Crippen molar-refractivity contribution in [3.05, 3.63) is 22.3 Å². The molecule has 1 fully saturated rings. The highest BCUT2D eigenvalue weighted by Crippen LogP contribution is 2.28. The highest BCUT2D eigenvalue weighted by Gasteiger charge is 2.27. The molecule has 0 radical (unpaired) electrons. The lowest BCUT2D eigenvalue weighted by molar-refractivity contribution is 0.0680. The molecule has 0 bridgehead atoms. The van der Waals surface area contributed by atoms with Crippen LogP contribution in [0, 0.1) is 5.92 Å². The Hall–Kier alpha value is -1.10. The quantitative estimate of drug-likeness (QED) is 0.891. The van der Waals surface area contributed by atoms with E-state index in [-0.39, 0.29) is 5.91 Å². The van der Waals surface area contributed by atoms with Crippen LogP contribution in [0.5, 0.6) is 0 Å². The van der Waals surface area contributed by atoms with Crippen LogP contribution >= 0.6 is 15.9 Å². The van der Waals surface area contributed by atoms with E-state index in [2.05, 4.69) is 33.2 Å². The van der Waals surface area contributed by atoms with Crippen LogP contribution in [0.15, 0.2) is 16.7 Å². The summed E-state index contributed by atoms with van der Waals surface area (Å²) in [4.78, 5) is 19.0. The molecule has 4 nitrogen and oxygen atoms in total. The summed E-state index contributed by atoms with van der Waals surface area (Å²) in [5.41, 5.74) is 0.646. The van der Waals surface area contributed by atoms with E-state index in [0.29, 0.717) is 17.4 Å². The van der Waals surface area contributed by atoms with Gasteiger partial charge >= 0.3 is 0 Å². The smallest absolute Gasteiger partial charge is 0.257 e. The molecule has 5 heteroatoms. The fraction of sp³-hybridized carbons (Fsp3) is 0.625. The number of nitrogens with one attached hydrogen (secondary N) is 1. The SMILES string of the molecule is CCNc1ncc(Br)cc1C(=O)N(C)C1CCC(C)CC1. The van der Waals surface area contributed by atoms with Gasteiger partial charge in [0.1, 0.15) is 5.82 Å². The number of halogens is 1. The molecule has 0 unspecified atom stereocenters. The number of carbonyl (C=O) groups is 1. The molecule has 0 spiro atoms.